The molecule has 2 aromatic heterocycles. The maximum Gasteiger partial charge on any atom is 0.573 e. The molecular formula is C33H29F3N2O3. The number of hydrogen-bond acceptors (Lipinski definition) is 2. The average molecular weight is 559 g/mol. The Morgan fingerprint density at radius 1 is 0.951 bits per heavy atom. The molecule has 0 spiro atoms. The topological polar surface area (TPSA) is 67.2 Å². The molecule has 0 atom stereocenters. The summed E-state index contributed by atoms with van der Waals surface area (Å²) in [5.74, 6) is -0.769. The Kier molecular flexibility index (Phi) is 6.10. The van der Waals surface area contributed by atoms with Crippen molar-refractivity contribution in [2.45, 2.75) is 63.8 Å². The highest BCUT2D eigenvalue weighted by Gasteiger charge is 2.32. The van der Waals surface area contributed by atoms with Crippen LogP contribution in [0.1, 0.15) is 65.9 Å². The van der Waals surface area contributed by atoms with Crippen LogP contribution in [0.5, 0.6) is 5.75 Å². The van der Waals surface area contributed by atoms with Crippen LogP contribution in [0, 0.1) is 0 Å². The fraction of sp³-hybridized carbons (Fsp3) is 0.303. The van der Waals surface area contributed by atoms with E-state index >= 15 is 0 Å². The first-order valence-corrected chi connectivity index (χ1v) is 14.2. The van der Waals surface area contributed by atoms with Crippen molar-refractivity contribution in [3.05, 3.63) is 77.4 Å². The number of carboxylic acids is 1. The minimum atomic E-state index is -4.75. The minimum Gasteiger partial charge on any atom is -0.478 e. The summed E-state index contributed by atoms with van der Waals surface area (Å²) < 4.78 is 45.0. The van der Waals surface area contributed by atoms with Crippen molar-refractivity contribution in [3.8, 4) is 28.3 Å². The highest BCUT2D eigenvalue weighted by Crippen LogP contribution is 2.47. The number of aryl methyl sites for hydroxylation is 2. The number of rotatable bonds is 4. The van der Waals surface area contributed by atoms with Gasteiger partial charge in [-0.15, -0.1) is 13.2 Å². The van der Waals surface area contributed by atoms with Crippen LogP contribution in [0.2, 0.25) is 0 Å². The SMILES string of the molecule is O=C(O)c1ccc2c(C3CCCCC3)c3n(c2c1)CCCc1c-3ccc2[nH]c(-c3cccc(OC(F)(F)F)c3)cc12. The molecule has 41 heavy (non-hydrogen) atoms. The van der Waals surface area contributed by atoms with E-state index in [1.165, 1.54) is 48.2 Å². The molecule has 2 N–H and O–H groups in total. The van der Waals surface area contributed by atoms with Crippen molar-refractivity contribution >= 4 is 27.8 Å². The number of hydrogen-bond donors (Lipinski definition) is 2. The largest absolute Gasteiger partial charge is 0.573 e. The van der Waals surface area contributed by atoms with E-state index in [1.807, 2.05) is 24.3 Å². The normalized spacial score (nSPS) is 16.0. The molecule has 8 heteroatoms. The van der Waals surface area contributed by atoms with Crippen LogP contribution in [-0.4, -0.2) is 27.0 Å². The Labute approximate surface area is 234 Å². The molecule has 3 aromatic carbocycles. The van der Waals surface area contributed by atoms with Crippen molar-refractivity contribution in [1.82, 2.24) is 9.55 Å². The van der Waals surface area contributed by atoms with E-state index < -0.39 is 12.3 Å². The van der Waals surface area contributed by atoms with Gasteiger partial charge in [0.2, 0.25) is 0 Å². The molecular weight excluding hydrogens is 529 g/mol. The van der Waals surface area contributed by atoms with Gasteiger partial charge in [-0.05, 0) is 79.1 Å². The lowest BCUT2D eigenvalue weighted by Crippen LogP contribution is -2.17. The van der Waals surface area contributed by atoms with Crippen molar-refractivity contribution in [1.29, 1.82) is 0 Å². The summed E-state index contributed by atoms with van der Waals surface area (Å²) in [7, 11) is 0. The Hall–Kier alpha value is -4.20. The maximum absolute atomic E-state index is 12.8. The molecule has 1 aliphatic heterocycles. The van der Waals surface area contributed by atoms with Crippen molar-refractivity contribution in [2.24, 2.45) is 0 Å². The summed E-state index contributed by atoms with van der Waals surface area (Å²) in [6, 6.07) is 17.8. The van der Waals surface area contributed by atoms with Gasteiger partial charge in [-0.3, -0.25) is 0 Å². The second-order valence-electron chi connectivity index (χ2n) is 11.2. The molecule has 5 aromatic rings. The van der Waals surface area contributed by atoms with Gasteiger partial charge < -0.3 is 19.4 Å². The molecule has 1 saturated carbocycles. The van der Waals surface area contributed by atoms with Crippen LogP contribution in [-0.2, 0) is 13.0 Å². The first-order valence-electron chi connectivity index (χ1n) is 14.2. The zero-order chi connectivity index (χ0) is 28.3. The summed E-state index contributed by atoms with van der Waals surface area (Å²) in [6.45, 7) is 0.784. The minimum absolute atomic E-state index is 0.255. The van der Waals surface area contributed by atoms with E-state index in [0.29, 0.717) is 17.0 Å². The number of alkyl halides is 3. The lowest BCUT2D eigenvalue weighted by Gasteiger charge is -2.24. The standard InChI is InChI=1S/C33H29F3N2O3/c34-33(35,36)41-22-9-4-8-20(16-22)28-18-26-23-10-5-15-38-29-17-21(32(39)40)11-12-25(29)30(19-6-2-1-3-7-19)31(38)24(23)13-14-27(26)37-28/h4,8-9,11-14,16-19,37H,1-3,5-7,10,15H2,(H,39,40). The highest BCUT2D eigenvalue weighted by molar-refractivity contribution is 6.01. The lowest BCUT2D eigenvalue weighted by molar-refractivity contribution is -0.274. The molecule has 0 bridgehead atoms. The van der Waals surface area contributed by atoms with Gasteiger partial charge in [0, 0.05) is 45.2 Å². The smallest absolute Gasteiger partial charge is 0.478 e. The van der Waals surface area contributed by atoms with Gasteiger partial charge in [0.05, 0.1) is 11.3 Å². The molecule has 0 radical (unpaired) electrons. The summed E-state index contributed by atoms with van der Waals surface area (Å²) in [5.41, 5.74) is 8.42. The molecule has 210 valence electrons. The van der Waals surface area contributed by atoms with Crippen LogP contribution >= 0.6 is 0 Å². The van der Waals surface area contributed by atoms with Crippen molar-refractivity contribution < 1.29 is 27.8 Å². The zero-order valence-electron chi connectivity index (χ0n) is 22.4. The van der Waals surface area contributed by atoms with Gasteiger partial charge in [-0.25, -0.2) is 4.79 Å². The van der Waals surface area contributed by atoms with Crippen molar-refractivity contribution in [2.75, 3.05) is 0 Å². The fourth-order valence-electron chi connectivity index (χ4n) is 7.02. The third-order valence-corrected chi connectivity index (χ3v) is 8.72. The number of aromatic carboxylic acids is 1. The quantitative estimate of drug-likeness (QED) is 0.231. The zero-order valence-corrected chi connectivity index (χ0v) is 22.4. The second-order valence-corrected chi connectivity index (χ2v) is 11.2. The Balaban J connectivity index is 1.41. The lowest BCUT2D eigenvalue weighted by atomic mass is 9.81. The molecule has 0 saturated heterocycles. The van der Waals surface area contributed by atoms with Gasteiger partial charge in [-0.2, -0.15) is 0 Å². The second kappa shape index (κ2) is 9.72. The van der Waals surface area contributed by atoms with Crippen LogP contribution in [0.15, 0.2) is 60.7 Å². The molecule has 1 aliphatic carbocycles. The molecule has 3 heterocycles. The Morgan fingerprint density at radius 2 is 1.78 bits per heavy atom. The highest BCUT2D eigenvalue weighted by atomic mass is 19.4. The van der Waals surface area contributed by atoms with Gasteiger partial charge in [0.15, 0.2) is 0 Å². The molecule has 1 fully saturated rings. The van der Waals surface area contributed by atoms with Crippen LogP contribution < -0.4 is 4.74 Å². The maximum atomic E-state index is 12.8. The number of fused-ring (bicyclic) bond motifs is 7. The first-order chi connectivity index (χ1) is 19.8. The van der Waals surface area contributed by atoms with E-state index in [9.17, 15) is 23.1 Å². The van der Waals surface area contributed by atoms with Gasteiger partial charge in [-0.1, -0.05) is 43.5 Å². The van der Waals surface area contributed by atoms with Crippen LogP contribution in [0.3, 0.4) is 0 Å². The number of halogens is 3. The van der Waals surface area contributed by atoms with Crippen LogP contribution in [0.4, 0.5) is 13.2 Å². The van der Waals surface area contributed by atoms with E-state index in [0.717, 1.165) is 65.3 Å². The molecule has 2 aliphatic rings. The molecule has 5 nitrogen and oxygen atoms in total. The number of nitrogens with zero attached hydrogens (tertiary/aromatic N) is 1. The molecule has 0 amide bonds. The summed E-state index contributed by atoms with van der Waals surface area (Å²) in [4.78, 5) is 15.3. The Morgan fingerprint density at radius 3 is 2.56 bits per heavy atom. The third-order valence-electron chi connectivity index (χ3n) is 8.72. The predicted molar refractivity (Wildman–Crippen MR) is 152 cm³/mol. The predicted octanol–water partition coefficient (Wildman–Crippen LogP) is 9.05. The number of aromatic amines is 1. The van der Waals surface area contributed by atoms with Crippen molar-refractivity contribution in [3.63, 3.8) is 0 Å². The number of benzene rings is 3. The van der Waals surface area contributed by atoms with Crippen LogP contribution in [0.25, 0.3) is 44.3 Å². The number of H-pyrrole nitrogens is 1. The third kappa shape index (κ3) is 4.55. The Bertz CT molecular complexity index is 1810. The van der Waals surface area contributed by atoms with E-state index in [2.05, 4.69) is 20.4 Å². The number of aromatic nitrogens is 2. The van der Waals surface area contributed by atoms with Gasteiger partial charge >= 0.3 is 12.3 Å². The molecule has 0 unspecified atom stereocenters. The molecule has 7 rings (SSSR count). The monoisotopic (exact) mass is 558 g/mol. The summed E-state index contributed by atoms with van der Waals surface area (Å²) in [5, 5.41) is 11.9. The number of ether oxygens (including phenoxy) is 1. The summed E-state index contributed by atoms with van der Waals surface area (Å²) >= 11 is 0. The number of carboxylic acid groups (broad SMARTS) is 1. The fourth-order valence-corrected chi connectivity index (χ4v) is 7.02. The van der Waals surface area contributed by atoms with E-state index in [4.69, 9.17) is 0 Å². The first kappa shape index (κ1) is 25.7. The van der Waals surface area contributed by atoms with E-state index in [-0.39, 0.29) is 5.75 Å². The van der Waals surface area contributed by atoms with E-state index in [1.54, 1.807) is 18.2 Å². The van der Waals surface area contributed by atoms with Gasteiger partial charge in [0.25, 0.3) is 0 Å². The average Bonchev–Trinajstić information content (AvgIpc) is 3.46. The number of nitrogens with one attached hydrogen (secondary N) is 1. The number of carbonyl (C=O) groups is 1. The summed E-state index contributed by atoms with van der Waals surface area (Å²) in [6.07, 6.45) is 2.83. The van der Waals surface area contributed by atoms with Gasteiger partial charge in [0.1, 0.15) is 5.75 Å².